The van der Waals surface area contributed by atoms with Crippen LogP contribution in [0, 0.1) is 5.82 Å². The maximum Gasteiger partial charge on any atom is 0.252 e. The van der Waals surface area contributed by atoms with Crippen LogP contribution in [0.2, 0.25) is 0 Å². The van der Waals surface area contributed by atoms with Gasteiger partial charge in [0.15, 0.2) is 5.13 Å². The molecule has 2 heterocycles. The van der Waals surface area contributed by atoms with Crippen molar-refractivity contribution in [3.05, 3.63) is 70.9 Å². The predicted molar refractivity (Wildman–Crippen MR) is 141 cm³/mol. The summed E-state index contributed by atoms with van der Waals surface area (Å²) in [5.41, 5.74) is 0.903. The normalized spacial score (nSPS) is 18.6. The van der Waals surface area contributed by atoms with Crippen LogP contribution in [0.4, 0.5) is 9.52 Å². The van der Waals surface area contributed by atoms with Crippen molar-refractivity contribution in [1.29, 1.82) is 0 Å². The molecule has 0 radical (unpaired) electrons. The van der Waals surface area contributed by atoms with Crippen LogP contribution in [0.25, 0.3) is 11.3 Å². The Morgan fingerprint density at radius 1 is 1.08 bits per heavy atom. The van der Waals surface area contributed by atoms with Crippen molar-refractivity contribution < 1.29 is 14.0 Å². The topological polar surface area (TPSA) is 86.4 Å². The second-order valence-electron chi connectivity index (χ2n) is 9.86. The second kappa shape index (κ2) is 10.9. The van der Waals surface area contributed by atoms with Crippen LogP contribution in [0.5, 0.6) is 0 Å². The summed E-state index contributed by atoms with van der Waals surface area (Å²) >= 11 is 1.45. The van der Waals surface area contributed by atoms with E-state index in [-0.39, 0.29) is 11.5 Å². The van der Waals surface area contributed by atoms with E-state index >= 15 is 0 Å². The molecule has 3 N–H and O–H groups in total. The highest BCUT2D eigenvalue weighted by Crippen LogP contribution is 2.33. The number of nitrogens with zero attached hydrogens (tertiary/aromatic N) is 2. The van der Waals surface area contributed by atoms with Gasteiger partial charge in [-0.1, -0.05) is 41.7 Å². The van der Waals surface area contributed by atoms with Gasteiger partial charge in [0, 0.05) is 47.7 Å². The first kappa shape index (κ1) is 25.9. The number of thiazole rings is 1. The first-order valence-corrected chi connectivity index (χ1v) is 12.9. The fourth-order valence-corrected chi connectivity index (χ4v) is 5.40. The molecule has 36 heavy (non-hydrogen) atoms. The molecule has 2 amide bonds. The zero-order valence-corrected chi connectivity index (χ0v) is 21.8. The molecular formula is C27H32FN5O2S. The average molecular weight is 510 g/mol. The highest BCUT2D eigenvalue weighted by molar-refractivity contribution is 7.16. The Labute approximate surface area is 215 Å². The van der Waals surface area contributed by atoms with Crippen molar-refractivity contribution >= 4 is 28.3 Å². The van der Waals surface area contributed by atoms with Gasteiger partial charge in [0.05, 0.1) is 5.69 Å². The molecule has 0 spiro atoms. The van der Waals surface area contributed by atoms with Gasteiger partial charge in [-0.15, -0.1) is 0 Å². The van der Waals surface area contributed by atoms with E-state index in [1.54, 1.807) is 13.8 Å². The minimum atomic E-state index is -1.21. The quantitative estimate of drug-likeness (QED) is 0.443. The molecule has 4 rings (SSSR count). The zero-order valence-electron chi connectivity index (χ0n) is 21.0. The van der Waals surface area contributed by atoms with Crippen molar-refractivity contribution in [3.8, 4) is 11.3 Å². The minimum absolute atomic E-state index is 0.277. The number of hydrogen-bond donors (Lipinski definition) is 3. The minimum Gasteiger partial charge on any atom is -0.338 e. The number of amides is 2. The van der Waals surface area contributed by atoms with E-state index in [4.69, 9.17) is 4.98 Å². The maximum atomic E-state index is 13.2. The summed E-state index contributed by atoms with van der Waals surface area (Å²) in [5.74, 6) is -1.27. The summed E-state index contributed by atoms with van der Waals surface area (Å²) in [5, 5.41) is 9.66. The van der Waals surface area contributed by atoms with Crippen LogP contribution in [0.3, 0.4) is 0 Å². The van der Waals surface area contributed by atoms with Crippen LogP contribution in [0.1, 0.15) is 42.9 Å². The van der Waals surface area contributed by atoms with Gasteiger partial charge < -0.3 is 10.6 Å². The summed E-state index contributed by atoms with van der Waals surface area (Å²) < 4.78 is 13.2. The molecule has 3 aromatic rings. The lowest BCUT2D eigenvalue weighted by atomic mass is 10.0. The van der Waals surface area contributed by atoms with Crippen LogP contribution < -0.4 is 16.0 Å². The first-order valence-electron chi connectivity index (χ1n) is 12.0. The molecule has 7 nitrogen and oxygen atoms in total. The summed E-state index contributed by atoms with van der Waals surface area (Å²) in [6.07, 6.45) is 0. The number of rotatable bonds is 7. The van der Waals surface area contributed by atoms with Gasteiger partial charge in [0.2, 0.25) is 0 Å². The van der Waals surface area contributed by atoms with E-state index in [0.29, 0.717) is 17.2 Å². The van der Waals surface area contributed by atoms with Gasteiger partial charge in [0.1, 0.15) is 11.4 Å². The molecule has 0 saturated carbocycles. The Morgan fingerprint density at radius 2 is 1.72 bits per heavy atom. The van der Waals surface area contributed by atoms with Crippen molar-refractivity contribution in [2.45, 2.75) is 51.9 Å². The number of carbonyl (C=O) groups excluding carboxylic acids is 2. The molecule has 2 atom stereocenters. The lowest BCUT2D eigenvalue weighted by molar-refractivity contribution is -0.120. The number of benzene rings is 2. The number of halogens is 1. The van der Waals surface area contributed by atoms with Gasteiger partial charge >= 0.3 is 0 Å². The number of anilines is 1. The second-order valence-corrected chi connectivity index (χ2v) is 10.9. The van der Waals surface area contributed by atoms with Crippen LogP contribution in [0.15, 0.2) is 54.6 Å². The highest BCUT2D eigenvalue weighted by Gasteiger charge is 2.31. The van der Waals surface area contributed by atoms with Crippen molar-refractivity contribution in [2.24, 2.45) is 0 Å². The Kier molecular flexibility index (Phi) is 7.82. The van der Waals surface area contributed by atoms with Crippen LogP contribution >= 0.6 is 11.3 Å². The van der Waals surface area contributed by atoms with E-state index in [1.807, 2.05) is 30.3 Å². The van der Waals surface area contributed by atoms with Gasteiger partial charge in [-0.05, 0) is 52.0 Å². The van der Waals surface area contributed by atoms with Gasteiger partial charge in [-0.2, -0.15) is 0 Å². The molecule has 1 saturated heterocycles. The molecular weight excluding hydrogens is 477 g/mol. The largest absolute Gasteiger partial charge is 0.338 e. The number of aromatic nitrogens is 1. The molecule has 190 valence electrons. The van der Waals surface area contributed by atoms with Crippen LogP contribution in [-0.2, 0) is 11.3 Å². The molecule has 0 aliphatic carbocycles. The van der Waals surface area contributed by atoms with E-state index in [9.17, 15) is 14.0 Å². The maximum absolute atomic E-state index is 13.2. The number of nitrogens with one attached hydrogen (secondary N) is 3. The molecule has 1 aliphatic rings. The highest BCUT2D eigenvalue weighted by atomic mass is 32.1. The molecule has 9 heteroatoms. The first-order chi connectivity index (χ1) is 17.1. The summed E-state index contributed by atoms with van der Waals surface area (Å²) in [6, 6.07) is 15.9. The molecule has 0 unspecified atom stereocenters. The van der Waals surface area contributed by atoms with E-state index in [1.165, 1.54) is 35.6 Å². The Balaban J connectivity index is 1.52. The summed E-state index contributed by atoms with van der Waals surface area (Å²) in [4.78, 5) is 34.0. The van der Waals surface area contributed by atoms with Crippen molar-refractivity contribution in [2.75, 3.05) is 18.4 Å². The van der Waals surface area contributed by atoms with Crippen molar-refractivity contribution in [3.63, 3.8) is 0 Å². The molecule has 0 bridgehead atoms. The predicted octanol–water partition coefficient (Wildman–Crippen LogP) is 4.28. The Hall–Kier alpha value is -3.14. The standard InChI is InChI=1S/C27H32FN5O2S/c1-17-14-33(15-18(2)29-17)16-22-23(19-8-6-5-7-9-19)30-26(36-22)31-25(35)27(3,4)32-24(34)20-10-12-21(28)13-11-20/h5-13,17-18,29H,14-16H2,1-4H3,(H,32,34)(H,30,31,35)/t17-,18+. The molecule has 2 aromatic carbocycles. The third-order valence-corrected chi connectivity index (χ3v) is 7.02. The van der Waals surface area contributed by atoms with E-state index in [2.05, 4.69) is 34.7 Å². The fraction of sp³-hybridized carbons (Fsp3) is 0.370. The molecule has 1 fully saturated rings. The van der Waals surface area contributed by atoms with E-state index < -0.39 is 17.3 Å². The fourth-order valence-electron chi connectivity index (χ4n) is 4.37. The average Bonchev–Trinajstić information content (AvgIpc) is 3.21. The smallest absolute Gasteiger partial charge is 0.252 e. The van der Waals surface area contributed by atoms with Gasteiger partial charge in [-0.25, -0.2) is 9.37 Å². The number of carbonyl (C=O) groups is 2. The lowest BCUT2D eigenvalue weighted by Crippen LogP contribution is -2.53. The number of hydrogen-bond acceptors (Lipinski definition) is 6. The SMILES string of the molecule is C[C@@H]1CN(Cc2sc(NC(=O)C(C)(C)NC(=O)c3ccc(F)cc3)nc2-c2ccccc2)C[C@H](C)N1. The number of piperazine rings is 1. The summed E-state index contributed by atoms with van der Waals surface area (Å²) in [7, 11) is 0. The molecule has 1 aromatic heterocycles. The summed E-state index contributed by atoms with van der Waals surface area (Å²) in [6.45, 7) is 10.2. The monoisotopic (exact) mass is 509 g/mol. The van der Waals surface area contributed by atoms with Crippen LogP contribution in [-0.4, -0.2) is 52.4 Å². The van der Waals surface area contributed by atoms with Gasteiger partial charge in [-0.3, -0.25) is 19.8 Å². The van der Waals surface area contributed by atoms with E-state index in [0.717, 1.165) is 35.8 Å². The Bertz CT molecular complexity index is 1200. The van der Waals surface area contributed by atoms with Gasteiger partial charge in [0.25, 0.3) is 11.8 Å². The third kappa shape index (κ3) is 6.34. The molecule has 1 aliphatic heterocycles. The van der Waals surface area contributed by atoms with Crippen molar-refractivity contribution in [1.82, 2.24) is 20.5 Å². The Morgan fingerprint density at radius 3 is 2.36 bits per heavy atom. The third-order valence-electron chi connectivity index (χ3n) is 6.07. The lowest BCUT2D eigenvalue weighted by Gasteiger charge is -2.35. The zero-order chi connectivity index (χ0) is 25.9.